The van der Waals surface area contributed by atoms with Gasteiger partial charge in [-0.2, -0.15) is 0 Å². The van der Waals surface area contributed by atoms with E-state index in [1.807, 2.05) is 13.8 Å². The van der Waals surface area contributed by atoms with Crippen molar-refractivity contribution in [3.63, 3.8) is 0 Å². The van der Waals surface area contributed by atoms with Crippen molar-refractivity contribution in [2.45, 2.75) is 39.5 Å². The predicted molar refractivity (Wildman–Crippen MR) is 86.7 cm³/mol. The van der Waals surface area contributed by atoms with Crippen LogP contribution in [0.5, 0.6) is 0 Å². The zero-order valence-electron chi connectivity index (χ0n) is 12.8. The summed E-state index contributed by atoms with van der Waals surface area (Å²) in [6.07, 6.45) is 9.88. The number of aryl methyl sites for hydroxylation is 2. The largest absolute Gasteiger partial charge is 0.372 e. The van der Waals surface area contributed by atoms with Crippen LogP contribution in [0.15, 0.2) is 36.4 Å². The van der Waals surface area contributed by atoms with Crippen LogP contribution in [0, 0.1) is 0 Å². The maximum absolute atomic E-state index is 8.58. The summed E-state index contributed by atoms with van der Waals surface area (Å²) in [5, 5.41) is 3.11. The second kappa shape index (κ2) is 13.8. The first-order chi connectivity index (χ1) is 9.88. The van der Waals surface area contributed by atoms with E-state index in [0.717, 1.165) is 13.1 Å². The molecule has 3 nitrogen and oxygen atoms in total. The molecule has 112 valence electrons. The first-order valence-electron chi connectivity index (χ1n) is 7.46. The Kier molecular flexibility index (Phi) is 12.7. The fourth-order valence-electron chi connectivity index (χ4n) is 2.09. The number of nitrogens with two attached hydrogens (primary N) is 1. The highest BCUT2D eigenvalue weighted by molar-refractivity contribution is 5.42. The minimum Gasteiger partial charge on any atom is -0.372 e. The van der Waals surface area contributed by atoms with Crippen molar-refractivity contribution >= 4 is 6.41 Å². The van der Waals surface area contributed by atoms with Crippen molar-refractivity contribution in [3.8, 4) is 0 Å². The van der Waals surface area contributed by atoms with E-state index in [9.17, 15) is 0 Å². The predicted octanol–water partition coefficient (Wildman–Crippen LogP) is 2.84. The lowest BCUT2D eigenvalue weighted by Crippen LogP contribution is -2.04. The average molecular weight is 276 g/mol. The van der Waals surface area contributed by atoms with Gasteiger partial charge in [0.2, 0.25) is 6.41 Å². The lowest BCUT2D eigenvalue weighted by atomic mass is 9.92. The number of carbonyl (C=O) groups is 1. The third-order valence-corrected chi connectivity index (χ3v) is 2.95. The molecule has 1 heterocycles. The molecule has 0 fully saturated rings. The van der Waals surface area contributed by atoms with Gasteiger partial charge in [-0.15, -0.1) is 0 Å². The molecule has 0 saturated carbocycles. The molecule has 3 rings (SSSR count). The van der Waals surface area contributed by atoms with Gasteiger partial charge in [-0.1, -0.05) is 50.3 Å². The Bertz CT molecular complexity index is 344. The van der Waals surface area contributed by atoms with Crippen molar-refractivity contribution in [1.29, 1.82) is 0 Å². The third-order valence-electron chi connectivity index (χ3n) is 2.95. The Labute approximate surface area is 123 Å². The number of amides is 1. The SMILES string of the molecule is C1=CCNC1.CC.NC=O.c1ccc2c(c1)CCCC2. The smallest absolute Gasteiger partial charge is 0.204 e. The van der Waals surface area contributed by atoms with E-state index in [4.69, 9.17) is 4.79 Å². The molecule has 1 aromatic carbocycles. The Morgan fingerprint density at radius 3 is 1.70 bits per heavy atom. The van der Waals surface area contributed by atoms with Crippen molar-refractivity contribution in [2.75, 3.05) is 13.1 Å². The maximum atomic E-state index is 8.58. The first-order valence-corrected chi connectivity index (χ1v) is 7.46. The summed E-state index contributed by atoms with van der Waals surface area (Å²) in [6.45, 7) is 6.14. The summed E-state index contributed by atoms with van der Waals surface area (Å²) >= 11 is 0. The molecule has 0 aromatic heterocycles. The second-order valence-electron chi connectivity index (χ2n) is 4.24. The number of hydrogen-bond acceptors (Lipinski definition) is 2. The Balaban J connectivity index is 0.000000305. The highest BCUT2D eigenvalue weighted by Gasteiger charge is 2.05. The molecule has 0 spiro atoms. The molecular formula is C17H28N2O. The van der Waals surface area contributed by atoms with Crippen LogP contribution in [0.2, 0.25) is 0 Å². The average Bonchev–Trinajstić information content (AvgIpc) is 3.10. The molecule has 3 N–H and O–H groups in total. The topological polar surface area (TPSA) is 55.1 Å². The van der Waals surface area contributed by atoms with Gasteiger partial charge in [-0.3, -0.25) is 4.79 Å². The third kappa shape index (κ3) is 8.48. The van der Waals surface area contributed by atoms with Gasteiger partial charge >= 0.3 is 0 Å². The quantitative estimate of drug-likeness (QED) is 0.565. The van der Waals surface area contributed by atoms with E-state index < -0.39 is 0 Å². The molecule has 0 bridgehead atoms. The van der Waals surface area contributed by atoms with E-state index in [0.29, 0.717) is 0 Å². The standard InChI is InChI=1S/C10H12.C4H7N.C2H6.CH3NO/c1-2-6-10-8-4-3-7-9(10)5-1;1-2-4-5-3-1;1-2;2-1-3/h1-2,5-6H,3-4,7-8H2;1-2,5H,3-4H2;1-2H3;1H,(H2,2,3). The van der Waals surface area contributed by atoms with Gasteiger partial charge < -0.3 is 11.1 Å². The summed E-state index contributed by atoms with van der Waals surface area (Å²) in [6, 6.07) is 8.80. The fraction of sp³-hybridized carbons (Fsp3) is 0.471. The lowest BCUT2D eigenvalue weighted by Gasteiger charge is -2.13. The van der Waals surface area contributed by atoms with Gasteiger partial charge in [0, 0.05) is 13.1 Å². The molecule has 20 heavy (non-hydrogen) atoms. The number of carbonyl (C=O) groups excluding carboxylic acids is 1. The van der Waals surface area contributed by atoms with Gasteiger partial charge in [-0.05, 0) is 36.8 Å². The van der Waals surface area contributed by atoms with Crippen LogP contribution in [0.25, 0.3) is 0 Å². The molecule has 0 atom stereocenters. The summed E-state index contributed by atoms with van der Waals surface area (Å²) in [4.78, 5) is 8.58. The highest BCUT2D eigenvalue weighted by Crippen LogP contribution is 2.19. The molecule has 1 aliphatic carbocycles. The number of benzene rings is 1. The fourth-order valence-corrected chi connectivity index (χ4v) is 2.09. The molecule has 1 aliphatic heterocycles. The lowest BCUT2D eigenvalue weighted by molar-refractivity contribution is -0.106. The Morgan fingerprint density at radius 2 is 1.40 bits per heavy atom. The Morgan fingerprint density at radius 1 is 1.00 bits per heavy atom. The molecular weight excluding hydrogens is 248 g/mol. The number of primary amides is 1. The molecule has 1 amide bonds. The summed E-state index contributed by atoms with van der Waals surface area (Å²) < 4.78 is 0. The molecule has 1 aromatic rings. The van der Waals surface area contributed by atoms with Crippen LogP contribution in [0.1, 0.15) is 37.8 Å². The summed E-state index contributed by atoms with van der Waals surface area (Å²) in [5.74, 6) is 0. The van der Waals surface area contributed by atoms with Crippen molar-refractivity contribution in [3.05, 3.63) is 47.5 Å². The number of hydrogen-bond donors (Lipinski definition) is 2. The first kappa shape index (κ1) is 18.4. The van der Waals surface area contributed by atoms with Crippen molar-refractivity contribution < 1.29 is 4.79 Å². The van der Waals surface area contributed by atoms with E-state index in [-0.39, 0.29) is 6.41 Å². The zero-order chi connectivity index (χ0) is 15.1. The van der Waals surface area contributed by atoms with Gasteiger partial charge in [-0.25, -0.2) is 0 Å². The van der Waals surface area contributed by atoms with Crippen LogP contribution in [0.4, 0.5) is 0 Å². The summed E-state index contributed by atoms with van der Waals surface area (Å²) in [7, 11) is 0. The van der Waals surface area contributed by atoms with Crippen LogP contribution in [-0.4, -0.2) is 19.5 Å². The second-order valence-corrected chi connectivity index (χ2v) is 4.24. The van der Waals surface area contributed by atoms with E-state index in [1.165, 1.54) is 25.7 Å². The van der Waals surface area contributed by atoms with Crippen LogP contribution in [0.3, 0.4) is 0 Å². The van der Waals surface area contributed by atoms with Gasteiger partial charge in [0.05, 0.1) is 0 Å². The minimum atomic E-state index is 0.250. The summed E-state index contributed by atoms with van der Waals surface area (Å²) in [5.41, 5.74) is 7.32. The van der Waals surface area contributed by atoms with E-state index in [1.54, 1.807) is 11.1 Å². The van der Waals surface area contributed by atoms with Crippen LogP contribution < -0.4 is 11.1 Å². The molecule has 0 saturated heterocycles. The van der Waals surface area contributed by atoms with Crippen molar-refractivity contribution in [2.24, 2.45) is 5.73 Å². The minimum absolute atomic E-state index is 0.250. The molecule has 0 radical (unpaired) electrons. The van der Waals surface area contributed by atoms with Crippen LogP contribution in [-0.2, 0) is 17.6 Å². The van der Waals surface area contributed by atoms with Gasteiger partial charge in [0.15, 0.2) is 0 Å². The normalized spacial score (nSPS) is 14.3. The Hall–Kier alpha value is -1.61. The number of rotatable bonds is 0. The van der Waals surface area contributed by atoms with E-state index in [2.05, 4.69) is 47.5 Å². The number of fused-ring (bicyclic) bond motifs is 1. The molecule has 2 aliphatic rings. The molecule has 3 heteroatoms. The highest BCUT2D eigenvalue weighted by atomic mass is 16.1. The van der Waals surface area contributed by atoms with Crippen molar-refractivity contribution in [1.82, 2.24) is 5.32 Å². The monoisotopic (exact) mass is 276 g/mol. The van der Waals surface area contributed by atoms with Gasteiger partial charge in [0.1, 0.15) is 0 Å². The maximum Gasteiger partial charge on any atom is 0.204 e. The van der Waals surface area contributed by atoms with E-state index >= 15 is 0 Å². The zero-order valence-corrected chi connectivity index (χ0v) is 12.8. The number of nitrogens with one attached hydrogen (secondary N) is 1. The van der Waals surface area contributed by atoms with Crippen LogP contribution >= 0.6 is 0 Å². The molecule has 0 unspecified atom stereocenters. The van der Waals surface area contributed by atoms with Gasteiger partial charge in [0.25, 0.3) is 0 Å².